The smallest absolute Gasteiger partial charge is 0.293 e. The summed E-state index contributed by atoms with van der Waals surface area (Å²) in [6.07, 6.45) is 1.21. The number of aromatic nitrogens is 5. The topological polar surface area (TPSA) is 137 Å². The first-order valence-corrected chi connectivity index (χ1v) is 10.3. The zero-order chi connectivity index (χ0) is 22.5. The van der Waals surface area contributed by atoms with E-state index in [0.29, 0.717) is 11.4 Å². The van der Waals surface area contributed by atoms with Gasteiger partial charge in [0.25, 0.3) is 5.91 Å². The predicted molar refractivity (Wildman–Crippen MR) is 116 cm³/mol. The van der Waals surface area contributed by atoms with Crippen molar-refractivity contribution in [2.24, 2.45) is 5.10 Å². The maximum absolute atomic E-state index is 13.7. The number of rotatable bonds is 7. The van der Waals surface area contributed by atoms with E-state index in [1.165, 1.54) is 34.8 Å². The van der Waals surface area contributed by atoms with Crippen LogP contribution in [-0.2, 0) is 5.75 Å². The fourth-order valence-corrected chi connectivity index (χ4v) is 3.59. The largest absolute Gasteiger partial charge is 0.378 e. The van der Waals surface area contributed by atoms with Gasteiger partial charge in [-0.05, 0) is 35.4 Å². The number of carbonyl (C=O) groups is 1. The van der Waals surface area contributed by atoms with Gasteiger partial charge in [-0.25, -0.2) is 14.4 Å². The lowest BCUT2D eigenvalue weighted by atomic mass is 10.2. The fourth-order valence-electron chi connectivity index (χ4n) is 2.69. The normalized spacial score (nSPS) is 11.2. The number of hydrogen-bond acceptors (Lipinski definition) is 9. The summed E-state index contributed by atoms with van der Waals surface area (Å²) in [6, 6.07) is 14.0. The molecule has 10 nitrogen and oxygen atoms in total. The van der Waals surface area contributed by atoms with Crippen molar-refractivity contribution >= 4 is 29.7 Å². The van der Waals surface area contributed by atoms with Gasteiger partial charge in [0.15, 0.2) is 5.69 Å². The van der Waals surface area contributed by atoms with Gasteiger partial charge in [0.2, 0.25) is 11.6 Å². The average molecular weight is 452 g/mol. The number of hydrazone groups is 1. The van der Waals surface area contributed by atoms with Crippen LogP contribution in [0.3, 0.4) is 0 Å². The number of hydrogen-bond donors (Lipinski definition) is 2. The van der Waals surface area contributed by atoms with E-state index in [1.807, 2.05) is 31.2 Å². The van der Waals surface area contributed by atoms with Gasteiger partial charge in [0.05, 0.1) is 11.9 Å². The van der Waals surface area contributed by atoms with Gasteiger partial charge in [-0.15, -0.1) is 16.9 Å². The van der Waals surface area contributed by atoms with Crippen LogP contribution in [0.4, 0.5) is 10.2 Å². The molecule has 0 aliphatic heterocycles. The zero-order valence-electron chi connectivity index (χ0n) is 16.8. The second-order valence-corrected chi connectivity index (χ2v) is 7.64. The molecule has 0 fully saturated rings. The van der Waals surface area contributed by atoms with E-state index in [-0.39, 0.29) is 22.9 Å². The third-order valence-electron chi connectivity index (χ3n) is 4.35. The molecule has 2 heterocycles. The van der Waals surface area contributed by atoms with Gasteiger partial charge < -0.3 is 5.73 Å². The number of carbonyl (C=O) groups excluding carboxylic acids is 1. The van der Waals surface area contributed by atoms with E-state index in [9.17, 15) is 9.18 Å². The molecule has 4 aromatic rings. The Bertz CT molecular complexity index is 1270. The Morgan fingerprint density at radius 2 is 2.03 bits per heavy atom. The fraction of sp³-hybridized carbons (Fsp3) is 0.100. The number of nitrogens with one attached hydrogen (secondary N) is 1. The molecule has 0 aliphatic carbocycles. The molecule has 0 unspecified atom stereocenters. The summed E-state index contributed by atoms with van der Waals surface area (Å²) in [6.45, 7) is 2.00. The zero-order valence-corrected chi connectivity index (χ0v) is 17.6. The summed E-state index contributed by atoms with van der Waals surface area (Å²) in [5.74, 6) is -0.645. The highest BCUT2D eigenvalue weighted by molar-refractivity contribution is 7.98. The molecule has 3 N–H and O–H groups in total. The third kappa shape index (κ3) is 4.64. The number of anilines is 1. The molecule has 0 atom stereocenters. The lowest BCUT2D eigenvalue weighted by Crippen LogP contribution is -2.20. The quantitative estimate of drug-likeness (QED) is 0.248. The number of nitrogens with zero attached hydrogens (tertiary/aromatic N) is 6. The van der Waals surface area contributed by atoms with Crippen LogP contribution in [0, 0.1) is 12.7 Å². The minimum atomic E-state index is -0.627. The monoisotopic (exact) mass is 452 g/mol. The lowest BCUT2D eigenvalue weighted by Gasteiger charge is -2.06. The van der Waals surface area contributed by atoms with Crippen LogP contribution >= 0.6 is 11.8 Å². The molecule has 0 aliphatic rings. The van der Waals surface area contributed by atoms with E-state index >= 15 is 0 Å². The summed E-state index contributed by atoms with van der Waals surface area (Å²) in [7, 11) is 0. The highest BCUT2D eigenvalue weighted by atomic mass is 32.2. The summed E-state index contributed by atoms with van der Waals surface area (Å²) in [4.78, 5) is 13.7. The van der Waals surface area contributed by atoms with Crippen LogP contribution in [0.2, 0.25) is 0 Å². The molecule has 2 aromatic carbocycles. The first-order chi connectivity index (χ1) is 15.5. The lowest BCUT2D eigenvalue weighted by molar-refractivity contribution is 0.0949. The molecule has 162 valence electrons. The van der Waals surface area contributed by atoms with Gasteiger partial charge >= 0.3 is 0 Å². The molecule has 0 radical (unpaired) electrons. The maximum atomic E-state index is 13.7. The van der Waals surface area contributed by atoms with Crippen molar-refractivity contribution in [2.75, 3.05) is 5.73 Å². The maximum Gasteiger partial charge on any atom is 0.293 e. The number of nitrogen functional groups attached to an aromatic ring is 1. The average Bonchev–Trinajstić information content (AvgIpc) is 3.40. The summed E-state index contributed by atoms with van der Waals surface area (Å²) in [5, 5.41) is 19.0. The Morgan fingerprint density at radius 3 is 2.75 bits per heavy atom. The van der Waals surface area contributed by atoms with Gasteiger partial charge in [-0.2, -0.15) is 9.78 Å². The Morgan fingerprint density at radius 1 is 1.25 bits per heavy atom. The summed E-state index contributed by atoms with van der Waals surface area (Å²) >= 11 is 1.47. The van der Waals surface area contributed by atoms with E-state index in [0.717, 1.165) is 10.5 Å². The third-order valence-corrected chi connectivity index (χ3v) is 5.37. The van der Waals surface area contributed by atoms with E-state index in [4.69, 9.17) is 5.73 Å². The standard InChI is InChI=1S/C20H17FN8O2S/c1-12-6-8-14(9-7-12)32-11-16-17(24-28-29(16)19-18(22)26-31-27-19)20(30)25-23-10-13-4-2-3-5-15(13)21/h2-10H,11H2,1H3,(H2,22,26)(H,25,30)/b23-10-. The van der Waals surface area contributed by atoms with Crippen molar-refractivity contribution in [3.05, 3.63) is 76.9 Å². The van der Waals surface area contributed by atoms with Crippen LogP contribution in [0.5, 0.6) is 0 Å². The molecule has 2 aromatic heterocycles. The first kappa shape index (κ1) is 21.2. The van der Waals surface area contributed by atoms with E-state index in [2.05, 4.69) is 35.8 Å². The molecule has 0 spiro atoms. The number of amides is 1. The Kier molecular flexibility index (Phi) is 6.22. The van der Waals surface area contributed by atoms with Gasteiger partial charge in [0.1, 0.15) is 5.82 Å². The molecular formula is C20H17FN8O2S. The van der Waals surface area contributed by atoms with Gasteiger partial charge in [-0.3, -0.25) is 4.79 Å². The van der Waals surface area contributed by atoms with E-state index < -0.39 is 11.7 Å². The van der Waals surface area contributed by atoms with Crippen LogP contribution in [-0.4, -0.2) is 37.4 Å². The number of thioether (sulfide) groups is 1. The van der Waals surface area contributed by atoms with Gasteiger partial charge in [0, 0.05) is 16.2 Å². The second-order valence-electron chi connectivity index (χ2n) is 6.59. The van der Waals surface area contributed by atoms with Crippen molar-refractivity contribution in [3.8, 4) is 5.82 Å². The molecule has 32 heavy (non-hydrogen) atoms. The highest BCUT2D eigenvalue weighted by Gasteiger charge is 2.24. The summed E-state index contributed by atoms with van der Waals surface area (Å²) < 4.78 is 19.7. The van der Waals surface area contributed by atoms with Crippen LogP contribution in [0.25, 0.3) is 5.82 Å². The van der Waals surface area contributed by atoms with Crippen molar-refractivity contribution in [2.45, 2.75) is 17.6 Å². The molecule has 0 saturated carbocycles. The van der Waals surface area contributed by atoms with Crippen molar-refractivity contribution < 1.29 is 13.8 Å². The van der Waals surface area contributed by atoms with Crippen LogP contribution < -0.4 is 11.2 Å². The minimum absolute atomic E-state index is 0.000942. The first-order valence-electron chi connectivity index (χ1n) is 9.33. The number of halogens is 1. The molecule has 12 heteroatoms. The molecule has 0 saturated heterocycles. The number of benzene rings is 2. The SMILES string of the molecule is Cc1ccc(SCc2c(C(=O)N/N=C\c3ccccc3F)nnn2-c2nonc2N)cc1. The molecule has 1 amide bonds. The number of nitrogens with two attached hydrogens (primary N) is 1. The summed E-state index contributed by atoms with van der Waals surface area (Å²) in [5.41, 5.74) is 9.92. The van der Waals surface area contributed by atoms with Crippen molar-refractivity contribution in [3.63, 3.8) is 0 Å². The predicted octanol–water partition coefficient (Wildman–Crippen LogP) is 2.74. The highest BCUT2D eigenvalue weighted by Crippen LogP contribution is 2.26. The molecule has 0 bridgehead atoms. The Labute approximate surface area is 185 Å². The number of aryl methyl sites for hydroxylation is 1. The minimum Gasteiger partial charge on any atom is -0.378 e. The van der Waals surface area contributed by atoms with Crippen molar-refractivity contribution in [1.29, 1.82) is 0 Å². The van der Waals surface area contributed by atoms with Gasteiger partial charge in [-0.1, -0.05) is 41.1 Å². The molecule has 4 rings (SSSR count). The second kappa shape index (κ2) is 9.39. The van der Waals surface area contributed by atoms with Crippen molar-refractivity contribution in [1.82, 2.24) is 30.7 Å². The molecular weight excluding hydrogens is 435 g/mol. The Balaban J connectivity index is 1.58. The van der Waals surface area contributed by atoms with Crippen LogP contribution in [0.15, 0.2) is 63.2 Å². The Hall–Kier alpha value is -4.06. The van der Waals surface area contributed by atoms with Crippen LogP contribution in [0.1, 0.15) is 27.3 Å². The van der Waals surface area contributed by atoms with E-state index in [1.54, 1.807) is 12.1 Å².